The highest BCUT2D eigenvalue weighted by atomic mass is 32.2. The first-order valence-electron chi connectivity index (χ1n) is 13.4. The Morgan fingerprint density at radius 3 is 2.27 bits per heavy atom. The summed E-state index contributed by atoms with van der Waals surface area (Å²) in [5.41, 5.74) is -3.70. The molecular weight excluding hydrogens is 586 g/mol. The van der Waals surface area contributed by atoms with Crippen molar-refractivity contribution in [2.24, 2.45) is 5.92 Å². The molecule has 14 heteroatoms. The normalized spacial score (nSPS) is 16.6. The van der Waals surface area contributed by atoms with Gasteiger partial charge in [-0.15, -0.1) is 11.3 Å². The van der Waals surface area contributed by atoms with Crippen LogP contribution in [0.3, 0.4) is 0 Å². The minimum absolute atomic E-state index is 0.0108. The number of aromatic nitrogens is 1. The molecule has 0 bridgehead atoms. The number of aliphatic hydroxyl groups is 2. The van der Waals surface area contributed by atoms with Gasteiger partial charge < -0.3 is 15.5 Å². The van der Waals surface area contributed by atoms with Gasteiger partial charge in [0.2, 0.25) is 10.0 Å². The Kier molecular flexibility index (Phi) is 9.96. The van der Waals surface area contributed by atoms with E-state index < -0.39 is 55.6 Å². The summed E-state index contributed by atoms with van der Waals surface area (Å²) < 4.78 is 83.0. The molecule has 41 heavy (non-hydrogen) atoms. The van der Waals surface area contributed by atoms with Gasteiger partial charge in [0.05, 0.1) is 26.7 Å². The van der Waals surface area contributed by atoms with Crippen LogP contribution >= 0.6 is 11.3 Å². The number of nitrogens with one attached hydrogen (secondary N) is 2. The van der Waals surface area contributed by atoms with Gasteiger partial charge in [-0.05, 0) is 59.1 Å². The first-order valence-corrected chi connectivity index (χ1v) is 15.7. The number of alkyl halides is 3. The number of thiazole rings is 1. The fourth-order valence-corrected chi connectivity index (χ4v) is 7.34. The molecule has 1 aliphatic rings. The molecular formula is C27H37F4N3O5S2. The number of sulfonamides is 1. The SMILES string of the molecule is C[C@H](NS(=O)(=O)c1ccc(-c2sc(C(=O)NCC(C)(C)O)nc2CC2CCCCC2)c(F)c1C(C)(C)O)C(F)(F)F. The Balaban J connectivity index is 2.14. The van der Waals surface area contributed by atoms with Crippen molar-refractivity contribution < 1.29 is 41.0 Å². The standard InChI is InChI=1S/C27H37F4N3O5S2/c1-15(27(29,30)31)34-41(38,39)19-12-11-17(21(28)20(19)26(4,5)37)22-18(13-16-9-7-6-8-10-16)33-24(40-22)23(35)32-14-25(2,3)36/h11-12,15-16,34,36-37H,6-10,13-14H2,1-5H3,(H,32,35)/t15-/m0/s1. The number of amides is 1. The van der Waals surface area contributed by atoms with E-state index in [0.717, 1.165) is 69.4 Å². The molecule has 3 rings (SSSR count). The minimum atomic E-state index is -4.91. The topological polar surface area (TPSA) is 129 Å². The van der Waals surface area contributed by atoms with Gasteiger partial charge in [-0.3, -0.25) is 4.79 Å². The largest absolute Gasteiger partial charge is 0.404 e. The smallest absolute Gasteiger partial charge is 0.389 e. The van der Waals surface area contributed by atoms with Crippen LogP contribution in [0, 0.1) is 11.7 Å². The second-order valence-corrected chi connectivity index (χ2v) is 14.4. The third kappa shape index (κ3) is 8.46. The van der Waals surface area contributed by atoms with Crippen LogP contribution in [0.5, 0.6) is 0 Å². The molecule has 1 aromatic carbocycles. The molecule has 2 aromatic rings. The molecule has 0 saturated heterocycles. The van der Waals surface area contributed by atoms with Crippen molar-refractivity contribution in [1.82, 2.24) is 15.0 Å². The van der Waals surface area contributed by atoms with Crippen LogP contribution in [0.2, 0.25) is 0 Å². The van der Waals surface area contributed by atoms with Gasteiger partial charge in [-0.25, -0.2) is 17.8 Å². The summed E-state index contributed by atoms with van der Waals surface area (Å²) in [4.78, 5) is 16.8. The van der Waals surface area contributed by atoms with Crippen LogP contribution < -0.4 is 10.0 Å². The van der Waals surface area contributed by atoms with Crippen molar-refractivity contribution in [2.75, 3.05) is 6.54 Å². The number of benzene rings is 1. The van der Waals surface area contributed by atoms with Crippen molar-refractivity contribution in [2.45, 2.75) is 101 Å². The summed E-state index contributed by atoms with van der Waals surface area (Å²) >= 11 is 0.880. The molecule has 4 N–H and O–H groups in total. The van der Waals surface area contributed by atoms with E-state index in [4.69, 9.17) is 0 Å². The van der Waals surface area contributed by atoms with E-state index in [-0.39, 0.29) is 27.9 Å². The van der Waals surface area contributed by atoms with Crippen LogP contribution in [-0.4, -0.2) is 53.9 Å². The Morgan fingerprint density at radius 2 is 1.73 bits per heavy atom. The van der Waals surface area contributed by atoms with E-state index in [1.54, 1.807) is 0 Å². The minimum Gasteiger partial charge on any atom is -0.389 e. The van der Waals surface area contributed by atoms with Gasteiger partial charge in [-0.1, -0.05) is 32.1 Å². The van der Waals surface area contributed by atoms with Gasteiger partial charge in [0, 0.05) is 17.7 Å². The van der Waals surface area contributed by atoms with Crippen LogP contribution in [0.1, 0.15) is 87.8 Å². The van der Waals surface area contributed by atoms with E-state index in [0.29, 0.717) is 19.0 Å². The number of rotatable bonds is 10. The van der Waals surface area contributed by atoms with Crippen molar-refractivity contribution in [3.8, 4) is 10.4 Å². The predicted molar refractivity (Wildman–Crippen MR) is 148 cm³/mol. The Bertz CT molecular complexity index is 1360. The second kappa shape index (κ2) is 12.2. The first-order chi connectivity index (χ1) is 18.7. The highest BCUT2D eigenvalue weighted by molar-refractivity contribution is 7.89. The van der Waals surface area contributed by atoms with E-state index in [9.17, 15) is 36.6 Å². The third-order valence-corrected chi connectivity index (χ3v) is 9.57. The van der Waals surface area contributed by atoms with Crippen LogP contribution in [-0.2, 0) is 22.0 Å². The highest BCUT2D eigenvalue weighted by Gasteiger charge is 2.41. The maximum Gasteiger partial charge on any atom is 0.404 e. The third-order valence-electron chi connectivity index (χ3n) is 6.85. The van der Waals surface area contributed by atoms with E-state index >= 15 is 4.39 Å². The fraction of sp³-hybridized carbons (Fsp3) is 0.630. The quantitative estimate of drug-likeness (QED) is 0.275. The summed E-state index contributed by atoms with van der Waals surface area (Å²) in [6.07, 6.45) is 0.549. The lowest BCUT2D eigenvalue weighted by atomic mass is 9.85. The molecule has 8 nitrogen and oxygen atoms in total. The number of nitrogens with zero attached hydrogens (tertiary/aromatic N) is 1. The van der Waals surface area contributed by atoms with E-state index in [1.165, 1.54) is 18.6 Å². The highest BCUT2D eigenvalue weighted by Crippen LogP contribution is 2.41. The molecule has 1 aliphatic carbocycles. The monoisotopic (exact) mass is 623 g/mol. The van der Waals surface area contributed by atoms with Crippen LogP contribution in [0.15, 0.2) is 17.0 Å². The molecule has 230 valence electrons. The second-order valence-electron chi connectivity index (χ2n) is 11.7. The van der Waals surface area contributed by atoms with Gasteiger partial charge in [0.15, 0.2) is 5.01 Å². The molecule has 1 amide bonds. The number of carbonyl (C=O) groups excluding carboxylic acids is 1. The zero-order valence-electron chi connectivity index (χ0n) is 23.7. The van der Waals surface area contributed by atoms with Crippen molar-refractivity contribution in [3.63, 3.8) is 0 Å². The summed E-state index contributed by atoms with van der Waals surface area (Å²) in [6.45, 7) is 5.85. The molecule has 0 spiro atoms. The Morgan fingerprint density at radius 1 is 1.12 bits per heavy atom. The predicted octanol–water partition coefficient (Wildman–Crippen LogP) is 5.03. The van der Waals surface area contributed by atoms with Crippen molar-refractivity contribution >= 4 is 27.3 Å². The van der Waals surface area contributed by atoms with E-state index in [1.807, 2.05) is 0 Å². The van der Waals surface area contributed by atoms with Crippen molar-refractivity contribution in [1.29, 1.82) is 0 Å². The van der Waals surface area contributed by atoms with Gasteiger partial charge >= 0.3 is 6.18 Å². The summed E-state index contributed by atoms with van der Waals surface area (Å²) in [7, 11) is -4.91. The average Bonchev–Trinajstić information content (AvgIpc) is 3.24. The molecule has 1 fully saturated rings. The number of hydrogen-bond donors (Lipinski definition) is 4. The summed E-state index contributed by atoms with van der Waals surface area (Å²) in [5, 5.41) is 23.4. The lowest BCUT2D eigenvalue weighted by molar-refractivity contribution is -0.147. The number of halogens is 4. The lowest BCUT2D eigenvalue weighted by Crippen LogP contribution is -2.43. The average molecular weight is 624 g/mol. The molecule has 1 saturated carbocycles. The van der Waals surface area contributed by atoms with Gasteiger partial charge in [0.1, 0.15) is 11.9 Å². The van der Waals surface area contributed by atoms with Crippen molar-refractivity contribution in [3.05, 3.63) is 34.2 Å². The number of carbonyl (C=O) groups is 1. The number of hydrogen-bond acceptors (Lipinski definition) is 7. The van der Waals surface area contributed by atoms with E-state index in [2.05, 4.69) is 10.3 Å². The Hall–Kier alpha value is -2.13. The zero-order valence-corrected chi connectivity index (χ0v) is 25.3. The molecule has 1 heterocycles. The van der Waals surface area contributed by atoms with Gasteiger partial charge in [0.25, 0.3) is 5.91 Å². The summed E-state index contributed by atoms with van der Waals surface area (Å²) in [6, 6.07) is -0.387. The zero-order chi connectivity index (χ0) is 31.0. The Labute approximate surface area is 241 Å². The summed E-state index contributed by atoms with van der Waals surface area (Å²) in [5.74, 6) is -1.49. The molecule has 1 aromatic heterocycles. The molecule has 0 unspecified atom stereocenters. The maximum atomic E-state index is 16.3. The molecule has 0 radical (unpaired) electrons. The molecule has 0 aliphatic heterocycles. The maximum absolute atomic E-state index is 16.3. The van der Waals surface area contributed by atoms with Crippen LogP contribution in [0.25, 0.3) is 10.4 Å². The van der Waals surface area contributed by atoms with Gasteiger partial charge in [-0.2, -0.15) is 17.9 Å². The lowest BCUT2D eigenvalue weighted by Gasteiger charge is -2.25. The van der Waals surface area contributed by atoms with Crippen LogP contribution in [0.4, 0.5) is 17.6 Å². The fourth-order valence-electron chi connectivity index (χ4n) is 4.73. The first kappa shape index (κ1) is 33.4. The molecule has 1 atom stereocenters.